The molecule has 12 aromatic carbocycles. The van der Waals surface area contributed by atoms with Crippen LogP contribution in [0.15, 0.2) is 202 Å². The van der Waals surface area contributed by atoms with Gasteiger partial charge in [0.25, 0.3) is 0 Å². The molecule has 0 aromatic heterocycles. The predicted molar refractivity (Wildman–Crippen MR) is 338 cm³/mol. The van der Waals surface area contributed by atoms with Crippen LogP contribution in [0.5, 0.6) is 23.0 Å². The van der Waals surface area contributed by atoms with Crippen molar-refractivity contribution < 1.29 is 18.9 Å². The molecular formula is C74H60N4O4. The summed E-state index contributed by atoms with van der Waals surface area (Å²) in [6.07, 6.45) is 0. The van der Waals surface area contributed by atoms with Crippen LogP contribution >= 0.6 is 0 Å². The van der Waals surface area contributed by atoms with Crippen LogP contribution in [0.3, 0.4) is 0 Å². The first-order valence-corrected chi connectivity index (χ1v) is 28.1. The molecule has 0 amide bonds. The molecule has 0 N–H and O–H groups in total. The lowest BCUT2D eigenvalue weighted by atomic mass is 9.67. The van der Waals surface area contributed by atoms with E-state index in [4.69, 9.17) is 38.9 Å². The second kappa shape index (κ2) is 17.6. The maximum absolute atomic E-state index is 6.26. The quantitative estimate of drug-likeness (QED) is 0.142. The Bertz CT molecular complexity index is 4300. The highest BCUT2D eigenvalue weighted by molar-refractivity contribution is 6.56. The first kappa shape index (κ1) is 49.6. The predicted octanol–water partition coefficient (Wildman–Crippen LogP) is 17.1. The summed E-state index contributed by atoms with van der Waals surface area (Å²) < 4.78 is 23.1. The highest BCUT2D eigenvalue weighted by Crippen LogP contribution is 2.65. The van der Waals surface area contributed by atoms with Gasteiger partial charge in [-0.15, -0.1) is 0 Å². The Morgan fingerprint density at radius 1 is 0.293 bits per heavy atom. The van der Waals surface area contributed by atoms with Crippen LogP contribution in [0.4, 0.5) is 0 Å². The zero-order valence-electron chi connectivity index (χ0n) is 47.7. The molecule has 0 fully saturated rings. The minimum Gasteiger partial charge on any atom is -0.497 e. The van der Waals surface area contributed by atoms with Gasteiger partial charge in [0, 0.05) is 33.4 Å². The lowest BCUT2D eigenvalue weighted by Gasteiger charge is -2.45. The zero-order valence-corrected chi connectivity index (χ0v) is 47.7. The van der Waals surface area contributed by atoms with Gasteiger partial charge in [-0.05, 0) is 207 Å². The average Bonchev–Trinajstić information content (AvgIpc) is 1.57. The average molecular weight is 1070 g/mol. The van der Waals surface area contributed by atoms with Gasteiger partial charge < -0.3 is 18.9 Å². The third-order valence-corrected chi connectivity index (χ3v) is 17.7. The van der Waals surface area contributed by atoms with Gasteiger partial charge in [-0.2, -0.15) is 0 Å². The summed E-state index contributed by atoms with van der Waals surface area (Å²) in [5, 5.41) is 14.2. The van der Waals surface area contributed by atoms with Gasteiger partial charge in [0.15, 0.2) is 0 Å². The van der Waals surface area contributed by atoms with Crippen LogP contribution in [-0.4, -0.2) is 51.3 Å². The number of nitrogens with zero attached hydrogens (tertiary/aromatic N) is 4. The molecule has 82 heavy (non-hydrogen) atoms. The van der Waals surface area contributed by atoms with Gasteiger partial charge in [0.2, 0.25) is 11.3 Å². The van der Waals surface area contributed by atoms with E-state index < -0.39 is 11.3 Å². The minimum absolute atomic E-state index is 0.0477. The van der Waals surface area contributed by atoms with Crippen molar-refractivity contribution in [1.82, 2.24) is 0 Å². The van der Waals surface area contributed by atoms with Crippen molar-refractivity contribution in [2.45, 2.75) is 63.7 Å². The highest BCUT2D eigenvalue weighted by atomic mass is 16.5. The molecule has 2 aliphatic heterocycles. The van der Waals surface area contributed by atoms with Crippen molar-refractivity contribution >= 4 is 87.5 Å². The summed E-state index contributed by atoms with van der Waals surface area (Å²) in [7, 11) is 6.77. The fraction of sp³-hybridized carbons (Fsp3) is 0.189. The maximum Gasteiger partial charge on any atom is 0.227 e. The SMILES string of the molecule is COc1ccc(C2=NC3(N=C2c2ccc(OC)cc2)c2cc4ccc5cc(C(C)(C)C)cc6ccc(c2-c2c(cc7ccc8cc(C(C)(C)C)cc9ccc2c7c89)C32N=C(c3ccc(OC)cc3)C(c3ccc(OC)cc3)=N2)c4c56)cc1. The standard InChI is InChI=1S/C74H60N4O4/c1-71(2,3)51-35-45-11-13-49-39-59-65(57-33-23-47(37-51)61(45)63(49)57)66-58-34-24-48-38-52(72(4,5)6)36-46-12-14-50(64(58)62(46)48)40-60(66)74(77-69(43-19-29-55(81-9)30-20-43)70(78-74)44-21-31-56(82-10)32-22-44)73(59)75-67(41-15-25-53(79-7)26-16-41)68(76-73)42-17-27-54(80-8)28-18-42/h11-40H,1-10H3. The van der Waals surface area contributed by atoms with Gasteiger partial charge in [0.1, 0.15) is 23.0 Å². The van der Waals surface area contributed by atoms with E-state index in [0.29, 0.717) is 22.8 Å². The van der Waals surface area contributed by atoms with E-state index in [2.05, 4.69) is 175 Å². The van der Waals surface area contributed by atoms with Crippen molar-refractivity contribution in [2.75, 3.05) is 28.4 Å². The van der Waals surface area contributed by atoms with Crippen molar-refractivity contribution in [2.24, 2.45) is 20.0 Å². The number of benzene rings is 12. The third kappa shape index (κ3) is 7.09. The van der Waals surface area contributed by atoms with Crippen LogP contribution in [0.1, 0.15) is 86.1 Å². The van der Waals surface area contributed by atoms with E-state index in [1.54, 1.807) is 28.4 Å². The Balaban J connectivity index is 1.16. The Morgan fingerprint density at radius 3 is 0.780 bits per heavy atom. The molecule has 0 radical (unpaired) electrons. The molecule has 8 nitrogen and oxygen atoms in total. The van der Waals surface area contributed by atoms with E-state index in [1.165, 1.54) is 54.2 Å². The number of ether oxygens (including phenoxy) is 4. The molecule has 15 rings (SSSR count). The molecule has 400 valence electrons. The smallest absolute Gasteiger partial charge is 0.227 e. The van der Waals surface area contributed by atoms with Crippen molar-refractivity contribution in [3.8, 4) is 34.1 Å². The normalized spacial score (nSPS) is 15.4. The molecule has 12 aromatic rings. The van der Waals surface area contributed by atoms with Gasteiger partial charge in [-0.3, -0.25) is 0 Å². The molecule has 3 aliphatic rings. The van der Waals surface area contributed by atoms with E-state index in [9.17, 15) is 0 Å². The minimum atomic E-state index is -1.56. The summed E-state index contributed by atoms with van der Waals surface area (Å²) >= 11 is 0. The van der Waals surface area contributed by atoms with E-state index in [1.807, 2.05) is 48.5 Å². The topological polar surface area (TPSA) is 86.4 Å². The number of hydrogen-bond acceptors (Lipinski definition) is 8. The van der Waals surface area contributed by atoms with Crippen LogP contribution in [0, 0.1) is 0 Å². The summed E-state index contributed by atoms with van der Waals surface area (Å²) in [6, 6.07) is 65.5. The van der Waals surface area contributed by atoms with Crippen molar-refractivity contribution in [1.29, 1.82) is 0 Å². The molecule has 2 spiro atoms. The number of fused-ring (bicyclic) bond motifs is 8. The molecule has 0 bridgehead atoms. The van der Waals surface area contributed by atoms with Gasteiger partial charge in [0.05, 0.1) is 51.3 Å². The van der Waals surface area contributed by atoms with E-state index >= 15 is 0 Å². The Kier molecular flexibility index (Phi) is 10.6. The lowest BCUT2D eigenvalue weighted by molar-refractivity contribution is 0.254. The van der Waals surface area contributed by atoms with Gasteiger partial charge in [-0.25, -0.2) is 20.0 Å². The summed E-state index contributed by atoms with van der Waals surface area (Å²) in [5.74, 6) is 2.96. The maximum atomic E-state index is 6.26. The third-order valence-electron chi connectivity index (χ3n) is 17.7. The number of hydrogen-bond donors (Lipinski definition) is 0. The summed E-state index contributed by atoms with van der Waals surface area (Å²) in [6.45, 7) is 13.8. The first-order chi connectivity index (χ1) is 39.6. The van der Waals surface area contributed by atoms with E-state index in [0.717, 1.165) is 89.1 Å². The Morgan fingerprint density at radius 2 is 0.537 bits per heavy atom. The summed E-state index contributed by atoms with van der Waals surface area (Å²) in [5.41, 5.74) is 9.72. The largest absolute Gasteiger partial charge is 0.497 e. The highest BCUT2D eigenvalue weighted by Gasteiger charge is 2.64. The number of aliphatic imine (C=N–C) groups is 4. The Labute approximate surface area is 476 Å². The fourth-order valence-electron chi connectivity index (χ4n) is 13.4. The monoisotopic (exact) mass is 1070 g/mol. The Hall–Kier alpha value is -9.40. The molecule has 2 heterocycles. The molecule has 0 saturated carbocycles. The van der Waals surface area contributed by atoms with Crippen LogP contribution in [0.25, 0.3) is 75.8 Å². The molecule has 0 atom stereocenters. The molecule has 8 heteroatoms. The van der Waals surface area contributed by atoms with Crippen LogP contribution < -0.4 is 18.9 Å². The number of rotatable bonds is 8. The summed E-state index contributed by atoms with van der Waals surface area (Å²) in [4.78, 5) is 25.1. The second-order valence-corrected chi connectivity index (χ2v) is 24.3. The van der Waals surface area contributed by atoms with Gasteiger partial charge >= 0.3 is 0 Å². The molecular weight excluding hydrogens is 1010 g/mol. The second-order valence-electron chi connectivity index (χ2n) is 24.3. The van der Waals surface area contributed by atoms with Crippen molar-refractivity contribution in [3.63, 3.8) is 0 Å². The van der Waals surface area contributed by atoms with Crippen LogP contribution in [0.2, 0.25) is 0 Å². The van der Waals surface area contributed by atoms with Gasteiger partial charge in [-0.1, -0.05) is 114 Å². The fourth-order valence-corrected chi connectivity index (χ4v) is 13.4. The van der Waals surface area contributed by atoms with Crippen molar-refractivity contribution in [3.05, 3.63) is 226 Å². The first-order valence-electron chi connectivity index (χ1n) is 28.1. The zero-order chi connectivity index (χ0) is 56.2. The molecule has 0 unspecified atom stereocenters. The number of methoxy groups -OCH3 is 4. The molecule has 0 saturated heterocycles. The molecule has 1 aliphatic carbocycles. The van der Waals surface area contributed by atoms with E-state index in [-0.39, 0.29) is 10.8 Å². The lowest BCUT2D eigenvalue weighted by Crippen LogP contribution is -2.46. The van der Waals surface area contributed by atoms with Crippen LogP contribution in [-0.2, 0) is 22.2 Å².